The van der Waals surface area contributed by atoms with Gasteiger partial charge in [-0.3, -0.25) is 19.8 Å². The highest BCUT2D eigenvalue weighted by Crippen LogP contribution is 2.00. The van der Waals surface area contributed by atoms with E-state index in [0.29, 0.717) is 13.1 Å². The molecule has 16 heavy (non-hydrogen) atoms. The zero-order valence-corrected chi connectivity index (χ0v) is 9.37. The van der Waals surface area contributed by atoms with Crippen molar-refractivity contribution in [3.63, 3.8) is 0 Å². The molecule has 1 atom stereocenters. The summed E-state index contributed by atoms with van der Waals surface area (Å²) in [5.41, 5.74) is 0. The lowest BCUT2D eigenvalue weighted by Crippen LogP contribution is -2.48. The second kappa shape index (κ2) is 5.45. The topological polar surface area (TPSA) is 90.5 Å². The first-order valence-corrected chi connectivity index (χ1v) is 5.09. The van der Waals surface area contributed by atoms with Gasteiger partial charge < -0.3 is 10.6 Å². The fourth-order valence-corrected chi connectivity index (χ4v) is 1.34. The SMILES string of the molecule is CNC(=O)CN[C@H](C)C(=O)N1CCNC1=O. The lowest BCUT2D eigenvalue weighted by atomic mass is 10.3. The summed E-state index contributed by atoms with van der Waals surface area (Å²) in [7, 11) is 1.52. The van der Waals surface area contributed by atoms with Gasteiger partial charge in [-0.05, 0) is 6.92 Å². The Balaban J connectivity index is 2.41. The Morgan fingerprint density at radius 1 is 1.56 bits per heavy atom. The van der Waals surface area contributed by atoms with Crippen LogP contribution in [0.25, 0.3) is 0 Å². The van der Waals surface area contributed by atoms with Crippen LogP contribution in [0.3, 0.4) is 0 Å². The molecule has 0 bridgehead atoms. The van der Waals surface area contributed by atoms with E-state index in [1.165, 1.54) is 7.05 Å². The van der Waals surface area contributed by atoms with Gasteiger partial charge >= 0.3 is 6.03 Å². The summed E-state index contributed by atoms with van der Waals surface area (Å²) in [5.74, 6) is -0.524. The molecule has 0 spiro atoms. The summed E-state index contributed by atoms with van der Waals surface area (Å²) in [6.07, 6.45) is 0. The minimum atomic E-state index is -0.554. The first-order valence-electron chi connectivity index (χ1n) is 5.09. The molecule has 0 aromatic carbocycles. The molecule has 0 aromatic rings. The normalized spacial score (nSPS) is 16.9. The minimum absolute atomic E-state index is 0.0544. The van der Waals surface area contributed by atoms with E-state index in [-0.39, 0.29) is 24.4 Å². The monoisotopic (exact) mass is 228 g/mol. The van der Waals surface area contributed by atoms with Crippen LogP contribution in [0.1, 0.15) is 6.92 Å². The average Bonchev–Trinajstić information content (AvgIpc) is 2.70. The van der Waals surface area contributed by atoms with Gasteiger partial charge in [-0.2, -0.15) is 0 Å². The summed E-state index contributed by atoms with van der Waals surface area (Å²) < 4.78 is 0. The molecule has 0 unspecified atom stereocenters. The maximum absolute atomic E-state index is 11.7. The number of hydrogen-bond acceptors (Lipinski definition) is 4. The standard InChI is InChI=1S/C9H16N4O3/c1-6(12-5-7(14)10-2)8(15)13-4-3-11-9(13)16/h6,12H,3-5H2,1-2H3,(H,10,14)(H,11,16)/t6-/m1/s1. The predicted molar refractivity (Wildman–Crippen MR) is 56.6 cm³/mol. The van der Waals surface area contributed by atoms with Gasteiger partial charge in [0, 0.05) is 20.1 Å². The number of hydrogen-bond donors (Lipinski definition) is 3. The van der Waals surface area contributed by atoms with Crippen LogP contribution in [-0.4, -0.2) is 55.5 Å². The molecule has 0 aliphatic carbocycles. The van der Waals surface area contributed by atoms with E-state index < -0.39 is 6.04 Å². The number of nitrogens with zero attached hydrogens (tertiary/aromatic N) is 1. The van der Waals surface area contributed by atoms with Crippen LogP contribution in [0.4, 0.5) is 4.79 Å². The van der Waals surface area contributed by atoms with Crippen LogP contribution in [0.2, 0.25) is 0 Å². The van der Waals surface area contributed by atoms with Gasteiger partial charge in [0.25, 0.3) is 0 Å². The first kappa shape index (κ1) is 12.4. The summed E-state index contributed by atoms with van der Waals surface area (Å²) in [6.45, 7) is 2.53. The minimum Gasteiger partial charge on any atom is -0.358 e. The van der Waals surface area contributed by atoms with E-state index in [1.807, 2.05) is 0 Å². The van der Waals surface area contributed by atoms with Crippen LogP contribution < -0.4 is 16.0 Å². The van der Waals surface area contributed by atoms with Gasteiger partial charge in [-0.25, -0.2) is 4.79 Å². The van der Waals surface area contributed by atoms with E-state index in [0.717, 1.165) is 4.90 Å². The van der Waals surface area contributed by atoms with Crippen LogP contribution in [0.15, 0.2) is 0 Å². The molecule has 7 nitrogen and oxygen atoms in total. The Morgan fingerprint density at radius 2 is 2.25 bits per heavy atom. The second-order valence-corrected chi connectivity index (χ2v) is 3.50. The van der Waals surface area contributed by atoms with E-state index in [2.05, 4.69) is 16.0 Å². The molecule has 0 aromatic heterocycles. The highest BCUT2D eigenvalue weighted by atomic mass is 16.2. The summed E-state index contributed by atoms with van der Waals surface area (Å²) in [6, 6.07) is -0.931. The predicted octanol–water partition coefficient (Wildman–Crippen LogP) is -1.74. The van der Waals surface area contributed by atoms with Gasteiger partial charge in [-0.15, -0.1) is 0 Å². The Morgan fingerprint density at radius 3 is 2.75 bits per heavy atom. The van der Waals surface area contributed by atoms with Gasteiger partial charge in [0.1, 0.15) is 0 Å². The fraction of sp³-hybridized carbons (Fsp3) is 0.667. The lowest BCUT2D eigenvalue weighted by Gasteiger charge is -2.18. The van der Waals surface area contributed by atoms with Crippen LogP contribution in [0, 0.1) is 0 Å². The molecule has 1 aliphatic heterocycles. The molecular formula is C9H16N4O3. The quantitative estimate of drug-likeness (QED) is 0.533. The molecule has 1 rings (SSSR count). The van der Waals surface area contributed by atoms with Gasteiger partial charge in [-0.1, -0.05) is 0 Å². The zero-order valence-electron chi connectivity index (χ0n) is 9.37. The third kappa shape index (κ3) is 2.93. The third-order valence-corrected chi connectivity index (χ3v) is 2.34. The maximum atomic E-state index is 11.7. The largest absolute Gasteiger partial charge is 0.358 e. The fourth-order valence-electron chi connectivity index (χ4n) is 1.34. The van der Waals surface area contributed by atoms with Crippen molar-refractivity contribution in [2.45, 2.75) is 13.0 Å². The zero-order chi connectivity index (χ0) is 12.1. The van der Waals surface area contributed by atoms with Crippen molar-refractivity contribution in [3.8, 4) is 0 Å². The molecule has 0 saturated carbocycles. The average molecular weight is 228 g/mol. The number of carbonyl (C=O) groups is 3. The smallest absolute Gasteiger partial charge is 0.324 e. The molecule has 1 saturated heterocycles. The molecule has 7 heteroatoms. The molecule has 1 aliphatic rings. The second-order valence-electron chi connectivity index (χ2n) is 3.50. The van der Waals surface area contributed by atoms with E-state index in [9.17, 15) is 14.4 Å². The van der Waals surface area contributed by atoms with E-state index in [1.54, 1.807) is 6.92 Å². The van der Waals surface area contributed by atoms with E-state index >= 15 is 0 Å². The first-order chi connectivity index (χ1) is 7.56. The van der Waals surface area contributed by atoms with Crippen molar-refractivity contribution in [1.29, 1.82) is 0 Å². The lowest BCUT2D eigenvalue weighted by molar-refractivity contribution is -0.129. The maximum Gasteiger partial charge on any atom is 0.324 e. The summed E-state index contributed by atoms with van der Waals surface area (Å²) in [5, 5.41) is 7.72. The van der Waals surface area contributed by atoms with E-state index in [4.69, 9.17) is 0 Å². The van der Waals surface area contributed by atoms with Crippen LogP contribution >= 0.6 is 0 Å². The van der Waals surface area contributed by atoms with Crippen molar-refractivity contribution in [2.75, 3.05) is 26.7 Å². The highest BCUT2D eigenvalue weighted by Gasteiger charge is 2.29. The van der Waals surface area contributed by atoms with Crippen molar-refractivity contribution in [3.05, 3.63) is 0 Å². The number of amides is 4. The Labute approximate surface area is 93.5 Å². The summed E-state index contributed by atoms with van der Waals surface area (Å²) >= 11 is 0. The van der Waals surface area contributed by atoms with Crippen molar-refractivity contribution >= 4 is 17.8 Å². The molecule has 1 heterocycles. The number of likely N-dealkylation sites (N-methyl/N-ethyl adjacent to an activating group) is 1. The Hall–Kier alpha value is -1.63. The number of imide groups is 1. The Bertz CT molecular complexity index is 305. The van der Waals surface area contributed by atoms with Crippen molar-refractivity contribution < 1.29 is 14.4 Å². The molecular weight excluding hydrogens is 212 g/mol. The molecule has 90 valence electrons. The molecule has 0 radical (unpaired) electrons. The Kier molecular flexibility index (Phi) is 4.24. The number of carbonyl (C=O) groups excluding carboxylic acids is 3. The third-order valence-electron chi connectivity index (χ3n) is 2.34. The highest BCUT2D eigenvalue weighted by molar-refractivity contribution is 5.98. The number of nitrogens with one attached hydrogen (secondary N) is 3. The van der Waals surface area contributed by atoms with Crippen molar-refractivity contribution in [2.24, 2.45) is 0 Å². The van der Waals surface area contributed by atoms with Crippen LogP contribution in [-0.2, 0) is 9.59 Å². The molecule has 3 N–H and O–H groups in total. The van der Waals surface area contributed by atoms with Crippen LogP contribution in [0.5, 0.6) is 0 Å². The summed E-state index contributed by atoms with van der Waals surface area (Å²) in [4.78, 5) is 35.0. The number of rotatable bonds is 4. The van der Waals surface area contributed by atoms with Gasteiger partial charge in [0.05, 0.1) is 12.6 Å². The molecule has 4 amide bonds. The van der Waals surface area contributed by atoms with Crippen molar-refractivity contribution in [1.82, 2.24) is 20.9 Å². The van der Waals surface area contributed by atoms with Gasteiger partial charge in [0.15, 0.2) is 0 Å². The van der Waals surface area contributed by atoms with Gasteiger partial charge in [0.2, 0.25) is 11.8 Å². The number of urea groups is 1. The molecule has 1 fully saturated rings.